The van der Waals surface area contributed by atoms with Gasteiger partial charge in [-0.2, -0.15) is 0 Å². The first-order valence-electron chi connectivity index (χ1n) is 15.3. The topological polar surface area (TPSA) is 23.6 Å². The number of hydrogen-bond donors (Lipinski definition) is 0. The van der Waals surface area contributed by atoms with Crippen LogP contribution in [-0.4, -0.2) is 48.9 Å². The third kappa shape index (κ3) is 3.13. The zero-order valence-electron chi connectivity index (χ0n) is 24.9. The van der Waals surface area contributed by atoms with E-state index in [1.807, 2.05) is 30.3 Å². The van der Waals surface area contributed by atoms with Gasteiger partial charge in [0.1, 0.15) is 0 Å². The number of fused-ring (bicyclic) bond motifs is 2. The Morgan fingerprint density at radius 2 is 1.46 bits per heavy atom. The largest absolute Gasteiger partial charge is 0.338 e. The van der Waals surface area contributed by atoms with E-state index in [4.69, 9.17) is 0 Å². The third-order valence-electron chi connectivity index (χ3n) is 14.4. The summed E-state index contributed by atoms with van der Waals surface area (Å²) < 4.78 is 0. The first-order chi connectivity index (χ1) is 17.4. The van der Waals surface area contributed by atoms with Crippen molar-refractivity contribution in [3.63, 3.8) is 0 Å². The van der Waals surface area contributed by atoms with Crippen molar-refractivity contribution in [2.45, 2.75) is 104 Å². The summed E-state index contributed by atoms with van der Waals surface area (Å²) in [6.45, 7) is 12.9. The SMILES string of the molecule is C[C@@H]([C@H]1CC[C@@]2(C)[C@@H]3CC[C@H]4C(C)(C)[C@@H](N(C)C(=O)c5ccccc5)CC[C@@]45C[C@@]35CC[C@]12C)N(C)C. The van der Waals surface area contributed by atoms with Gasteiger partial charge in [-0.15, -0.1) is 0 Å². The highest BCUT2D eigenvalue weighted by atomic mass is 16.2. The maximum absolute atomic E-state index is 13.5. The Bertz CT molecular complexity index is 1060. The van der Waals surface area contributed by atoms with Gasteiger partial charge in [-0.3, -0.25) is 4.79 Å². The molecule has 9 atom stereocenters. The lowest BCUT2D eigenvalue weighted by atomic mass is 9.41. The molecule has 3 heteroatoms. The number of hydrogen-bond acceptors (Lipinski definition) is 2. The van der Waals surface area contributed by atoms with Crippen LogP contribution >= 0.6 is 0 Å². The fraction of sp³-hybridized carbons (Fsp3) is 0.794. The molecule has 204 valence electrons. The van der Waals surface area contributed by atoms with Crippen LogP contribution in [0, 0.1) is 44.8 Å². The number of carbonyl (C=O) groups is 1. The van der Waals surface area contributed by atoms with Gasteiger partial charge >= 0.3 is 0 Å². The number of carbonyl (C=O) groups excluding carboxylic acids is 1. The molecule has 5 saturated carbocycles. The van der Waals surface area contributed by atoms with Crippen molar-refractivity contribution in [1.29, 1.82) is 0 Å². The molecule has 37 heavy (non-hydrogen) atoms. The van der Waals surface area contributed by atoms with Crippen molar-refractivity contribution in [1.82, 2.24) is 9.80 Å². The van der Waals surface area contributed by atoms with Gasteiger partial charge in [0, 0.05) is 24.7 Å². The van der Waals surface area contributed by atoms with Crippen molar-refractivity contribution < 1.29 is 4.79 Å². The summed E-state index contributed by atoms with van der Waals surface area (Å²) in [6, 6.07) is 10.9. The average Bonchev–Trinajstić information content (AvgIpc) is 3.45. The van der Waals surface area contributed by atoms with Crippen LogP contribution in [0.1, 0.15) is 103 Å². The molecule has 2 spiro atoms. The predicted molar refractivity (Wildman–Crippen MR) is 152 cm³/mol. The zero-order valence-corrected chi connectivity index (χ0v) is 24.9. The van der Waals surface area contributed by atoms with Gasteiger partial charge in [0.05, 0.1) is 0 Å². The number of nitrogens with zero attached hydrogens (tertiary/aromatic N) is 2. The van der Waals surface area contributed by atoms with Crippen molar-refractivity contribution >= 4 is 5.91 Å². The van der Waals surface area contributed by atoms with Crippen LogP contribution in [0.5, 0.6) is 0 Å². The van der Waals surface area contributed by atoms with E-state index in [1.165, 1.54) is 57.8 Å². The summed E-state index contributed by atoms with van der Waals surface area (Å²) in [5.74, 6) is 2.65. The van der Waals surface area contributed by atoms with Crippen LogP contribution in [-0.2, 0) is 0 Å². The second-order valence-electron chi connectivity index (χ2n) is 15.5. The number of rotatable bonds is 4. The van der Waals surface area contributed by atoms with E-state index < -0.39 is 0 Å². The van der Waals surface area contributed by atoms with E-state index in [0.717, 1.165) is 23.3 Å². The normalized spacial score (nSPS) is 46.3. The third-order valence-corrected chi connectivity index (χ3v) is 14.4. The van der Waals surface area contributed by atoms with Crippen LogP contribution in [0.15, 0.2) is 30.3 Å². The smallest absolute Gasteiger partial charge is 0.253 e. The van der Waals surface area contributed by atoms with E-state index in [2.05, 4.69) is 65.6 Å². The maximum atomic E-state index is 13.5. The predicted octanol–water partition coefficient (Wildman–Crippen LogP) is 7.52. The highest BCUT2D eigenvalue weighted by Crippen LogP contribution is 2.89. The molecule has 0 unspecified atom stereocenters. The molecule has 0 saturated heterocycles. The summed E-state index contributed by atoms with van der Waals surface area (Å²) in [4.78, 5) is 18.1. The second kappa shape index (κ2) is 8.09. The van der Waals surface area contributed by atoms with Crippen LogP contribution in [0.3, 0.4) is 0 Å². The Labute approximate surface area is 226 Å². The molecule has 1 aromatic carbocycles. The lowest BCUT2D eigenvalue weighted by Gasteiger charge is -2.64. The van der Waals surface area contributed by atoms with Crippen molar-refractivity contribution in [2.24, 2.45) is 44.8 Å². The van der Waals surface area contributed by atoms with Gasteiger partial charge in [0.15, 0.2) is 0 Å². The molecule has 3 nitrogen and oxygen atoms in total. The molecular weight excluding hydrogens is 452 g/mol. The van der Waals surface area contributed by atoms with Gasteiger partial charge in [0.25, 0.3) is 5.91 Å². The van der Waals surface area contributed by atoms with Gasteiger partial charge in [-0.25, -0.2) is 0 Å². The first kappa shape index (κ1) is 25.9. The minimum atomic E-state index is 0.158. The minimum Gasteiger partial charge on any atom is -0.338 e. The van der Waals surface area contributed by atoms with Crippen molar-refractivity contribution in [2.75, 3.05) is 21.1 Å². The molecule has 1 aromatic rings. The summed E-state index contributed by atoms with van der Waals surface area (Å²) in [5.41, 5.74) is 3.04. The monoisotopic (exact) mass is 504 g/mol. The Morgan fingerprint density at radius 3 is 2.14 bits per heavy atom. The summed E-state index contributed by atoms with van der Waals surface area (Å²) in [7, 11) is 6.65. The Balaban J connectivity index is 1.27. The molecule has 0 N–H and O–H groups in total. The fourth-order valence-corrected chi connectivity index (χ4v) is 12.1. The Kier molecular flexibility index (Phi) is 5.66. The molecule has 0 radical (unpaired) electrons. The molecule has 5 fully saturated rings. The fourth-order valence-electron chi connectivity index (χ4n) is 12.1. The Morgan fingerprint density at radius 1 is 0.811 bits per heavy atom. The van der Waals surface area contributed by atoms with E-state index in [-0.39, 0.29) is 11.3 Å². The van der Waals surface area contributed by atoms with E-state index in [9.17, 15) is 4.79 Å². The minimum absolute atomic E-state index is 0.158. The number of benzene rings is 1. The molecule has 6 rings (SSSR count). The highest BCUT2D eigenvalue weighted by molar-refractivity contribution is 5.94. The standard InChI is InChI=1S/C34H52N2O/c1-23(35(6)7)25-16-18-32(5)27-15-14-26-30(2,3)28(36(8)29(37)24-12-10-9-11-13-24)17-19-33(26)22-34(27,33)21-20-31(25,32)4/h9-13,23,25-28H,14-22H2,1-8H3/t23-,25+,26-,27-,28-,31+,32-,33+,34-/m0/s1. The molecular formula is C34H52N2O. The lowest BCUT2D eigenvalue weighted by Crippen LogP contribution is -2.60. The van der Waals surface area contributed by atoms with E-state index >= 15 is 0 Å². The van der Waals surface area contributed by atoms with Crippen LogP contribution in [0.25, 0.3) is 0 Å². The maximum Gasteiger partial charge on any atom is 0.253 e. The van der Waals surface area contributed by atoms with Crippen LogP contribution in [0.4, 0.5) is 0 Å². The molecule has 0 heterocycles. The van der Waals surface area contributed by atoms with Gasteiger partial charge < -0.3 is 9.80 Å². The average molecular weight is 505 g/mol. The van der Waals surface area contributed by atoms with Gasteiger partial charge in [-0.05, 0) is 136 Å². The lowest BCUT2D eigenvalue weighted by molar-refractivity contribution is -0.151. The Hall–Kier alpha value is -1.35. The summed E-state index contributed by atoms with van der Waals surface area (Å²) in [5, 5.41) is 0. The highest BCUT2D eigenvalue weighted by Gasteiger charge is 2.82. The molecule has 0 aromatic heterocycles. The quantitative estimate of drug-likeness (QED) is 0.423. The molecule has 1 amide bonds. The van der Waals surface area contributed by atoms with E-state index in [1.54, 1.807) is 0 Å². The molecule has 0 bridgehead atoms. The summed E-state index contributed by atoms with van der Waals surface area (Å²) in [6.07, 6.45) is 12.5. The second-order valence-corrected chi connectivity index (χ2v) is 15.5. The van der Waals surface area contributed by atoms with Crippen molar-refractivity contribution in [3.05, 3.63) is 35.9 Å². The molecule has 5 aliphatic rings. The molecule has 5 aliphatic carbocycles. The van der Waals surface area contributed by atoms with Gasteiger partial charge in [-0.1, -0.05) is 45.9 Å². The molecule has 0 aliphatic heterocycles. The summed E-state index contributed by atoms with van der Waals surface area (Å²) >= 11 is 0. The number of amides is 1. The zero-order chi connectivity index (χ0) is 26.6. The van der Waals surface area contributed by atoms with E-state index in [0.29, 0.717) is 33.7 Å². The van der Waals surface area contributed by atoms with Crippen LogP contribution < -0.4 is 0 Å². The van der Waals surface area contributed by atoms with Crippen molar-refractivity contribution in [3.8, 4) is 0 Å². The van der Waals surface area contributed by atoms with Crippen LogP contribution in [0.2, 0.25) is 0 Å². The van der Waals surface area contributed by atoms with Gasteiger partial charge in [0.2, 0.25) is 0 Å². The first-order valence-corrected chi connectivity index (χ1v) is 15.3.